The number of anilines is 1. The van der Waals surface area contributed by atoms with E-state index in [2.05, 4.69) is 17.0 Å². The van der Waals surface area contributed by atoms with E-state index in [1.54, 1.807) is 6.07 Å². The quantitative estimate of drug-likeness (QED) is 0.402. The summed E-state index contributed by atoms with van der Waals surface area (Å²) >= 11 is 0. The van der Waals surface area contributed by atoms with Crippen LogP contribution < -0.4 is 15.1 Å². The summed E-state index contributed by atoms with van der Waals surface area (Å²) in [4.78, 5) is 15.7. The Bertz CT molecular complexity index is 1220. The highest BCUT2D eigenvalue weighted by molar-refractivity contribution is 5.82. The summed E-state index contributed by atoms with van der Waals surface area (Å²) in [6, 6.07) is 25.4. The number of para-hydroxylation sites is 1. The first-order chi connectivity index (χ1) is 15.3. The van der Waals surface area contributed by atoms with Crippen LogP contribution in [0.2, 0.25) is 0 Å². The summed E-state index contributed by atoms with van der Waals surface area (Å²) in [7, 11) is 0. The molecule has 1 fully saturated rings. The van der Waals surface area contributed by atoms with Gasteiger partial charge in [-0.15, -0.1) is 0 Å². The van der Waals surface area contributed by atoms with Gasteiger partial charge in [-0.05, 0) is 61.2 Å². The highest BCUT2D eigenvalue weighted by Gasteiger charge is 2.18. The number of hydrogen-bond acceptors (Lipinski definition) is 4. The van der Waals surface area contributed by atoms with Crippen molar-refractivity contribution in [2.45, 2.75) is 25.9 Å². The molecule has 5 rings (SSSR count). The third-order valence-electron chi connectivity index (χ3n) is 5.83. The first-order valence-electron chi connectivity index (χ1n) is 10.9. The predicted octanol–water partition coefficient (Wildman–Crippen LogP) is 6.03. The van der Waals surface area contributed by atoms with E-state index in [4.69, 9.17) is 9.15 Å². The lowest BCUT2D eigenvalue weighted by molar-refractivity contribution is 0.298. The van der Waals surface area contributed by atoms with Crippen molar-refractivity contribution in [2.75, 3.05) is 18.0 Å². The predicted molar refractivity (Wildman–Crippen MR) is 125 cm³/mol. The van der Waals surface area contributed by atoms with Gasteiger partial charge in [0.05, 0.1) is 5.39 Å². The Kier molecular flexibility index (Phi) is 5.44. The van der Waals surface area contributed by atoms with Gasteiger partial charge in [-0.1, -0.05) is 42.5 Å². The number of piperidine rings is 1. The van der Waals surface area contributed by atoms with Gasteiger partial charge in [0.25, 0.3) is 0 Å². The molecule has 3 aromatic carbocycles. The minimum atomic E-state index is -0.145. The maximum absolute atomic E-state index is 13.3. The highest BCUT2D eigenvalue weighted by Crippen LogP contribution is 2.33. The molecule has 0 unspecified atom stereocenters. The Labute approximate surface area is 181 Å². The van der Waals surface area contributed by atoms with Gasteiger partial charge in [-0.2, -0.15) is 0 Å². The molecule has 0 bridgehead atoms. The molecule has 0 amide bonds. The zero-order valence-electron chi connectivity index (χ0n) is 17.4. The van der Waals surface area contributed by atoms with Crippen molar-refractivity contribution < 1.29 is 9.15 Å². The van der Waals surface area contributed by atoms with Crippen molar-refractivity contribution in [3.8, 4) is 17.1 Å². The van der Waals surface area contributed by atoms with Gasteiger partial charge >= 0.3 is 0 Å². The van der Waals surface area contributed by atoms with Crippen LogP contribution >= 0.6 is 0 Å². The SMILES string of the molecule is O=c1c(OCc2ccccc2)c(-c2ccc(N3CCCCC3)cc2)oc2ccccc12. The lowest BCUT2D eigenvalue weighted by atomic mass is 10.1. The topological polar surface area (TPSA) is 42.7 Å². The van der Waals surface area contributed by atoms with Crippen molar-refractivity contribution in [3.05, 3.63) is 94.6 Å². The van der Waals surface area contributed by atoms with Gasteiger partial charge < -0.3 is 14.1 Å². The fourth-order valence-corrected chi connectivity index (χ4v) is 4.15. The minimum Gasteiger partial charge on any atom is -0.481 e. The molecule has 0 N–H and O–H groups in total. The van der Waals surface area contributed by atoms with E-state index in [1.807, 2.05) is 60.7 Å². The Balaban J connectivity index is 1.54. The number of rotatable bonds is 5. The molecule has 0 aliphatic carbocycles. The van der Waals surface area contributed by atoms with E-state index in [9.17, 15) is 4.79 Å². The van der Waals surface area contributed by atoms with Gasteiger partial charge in [0, 0.05) is 24.3 Å². The third kappa shape index (κ3) is 4.06. The van der Waals surface area contributed by atoms with E-state index in [1.165, 1.54) is 24.9 Å². The van der Waals surface area contributed by atoms with Gasteiger partial charge in [0.2, 0.25) is 11.2 Å². The lowest BCUT2D eigenvalue weighted by Gasteiger charge is -2.28. The van der Waals surface area contributed by atoms with Crippen LogP contribution in [0.25, 0.3) is 22.3 Å². The van der Waals surface area contributed by atoms with Crippen molar-refractivity contribution in [1.82, 2.24) is 0 Å². The number of benzene rings is 3. The van der Waals surface area contributed by atoms with E-state index in [0.29, 0.717) is 23.3 Å². The third-order valence-corrected chi connectivity index (χ3v) is 5.83. The fourth-order valence-electron chi connectivity index (χ4n) is 4.15. The van der Waals surface area contributed by atoms with E-state index >= 15 is 0 Å². The van der Waals surface area contributed by atoms with Crippen LogP contribution in [0.1, 0.15) is 24.8 Å². The van der Waals surface area contributed by atoms with Crippen LogP contribution in [0.15, 0.2) is 88.1 Å². The molecule has 1 aromatic heterocycles. The van der Waals surface area contributed by atoms with Crippen LogP contribution in [0, 0.1) is 0 Å². The Morgan fingerprint density at radius 3 is 2.29 bits per heavy atom. The van der Waals surface area contributed by atoms with Gasteiger partial charge in [-0.3, -0.25) is 4.79 Å². The van der Waals surface area contributed by atoms with E-state index in [-0.39, 0.29) is 11.2 Å². The molecule has 156 valence electrons. The average Bonchev–Trinajstić information content (AvgIpc) is 2.85. The molecular weight excluding hydrogens is 386 g/mol. The Morgan fingerprint density at radius 2 is 1.52 bits per heavy atom. The summed E-state index contributed by atoms with van der Waals surface area (Å²) in [5, 5.41) is 0.527. The molecule has 4 nitrogen and oxygen atoms in total. The van der Waals surface area contributed by atoms with Crippen molar-refractivity contribution >= 4 is 16.7 Å². The Morgan fingerprint density at radius 1 is 0.806 bits per heavy atom. The molecule has 1 aliphatic heterocycles. The number of nitrogens with zero attached hydrogens (tertiary/aromatic N) is 1. The molecule has 0 spiro atoms. The first kappa shape index (κ1) is 19.4. The zero-order chi connectivity index (χ0) is 21.0. The summed E-state index contributed by atoms with van der Waals surface area (Å²) in [5.41, 5.74) is 3.47. The molecule has 2 heterocycles. The van der Waals surface area contributed by atoms with Gasteiger partial charge in [-0.25, -0.2) is 0 Å². The summed E-state index contributed by atoms with van der Waals surface area (Å²) in [6.07, 6.45) is 3.77. The van der Waals surface area contributed by atoms with Crippen molar-refractivity contribution in [1.29, 1.82) is 0 Å². The molecular formula is C27H25NO3. The van der Waals surface area contributed by atoms with E-state index in [0.717, 1.165) is 24.2 Å². The van der Waals surface area contributed by atoms with E-state index < -0.39 is 0 Å². The van der Waals surface area contributed by atoms with Crippen LogP contribution in [-0.2, 0) is 6.61 Å². The molecule has 4 aromatic rings. The highest BCUT2D eigenvalue weighted by atomic mass is 16.5. The lowest BCUT2D eigenvalue weighted by Crippen LogP contribution is -2.29. The maximum atomic E-state index is 13.3. The zero-order valence-corrected chi connectivity index (χ0v) is 17.4. The number of fused-ring (bicyclic) bond motifs is 1. The monoisotopic (exact) mass is 411 g/mol. The Hall–Kier alpha value is -3.53. The van der Waals surface area contributed by atoms with Crippen LogP contribution in [-0.4, -0.2) is 13.1 Å². The fraction of sp³-hybridized carbons (Fsp3) is 0.222. The maximum Gasteiger partial charge on any atom is 0.235 e. The smallest absolute Gasteiger partial charge is 0.235 e. The summed E-state index contributed by atoms with van der Waals surface area (Å²) in [5.74, 6) is 0.734. The molecule has 0 radical (unpaired) electrons. The molecule has 4 heteroatoms. The molecule has 1 aliphatic rings. The number of ether oxygens (including phenoxy) is 1. The average molecular weight is 412 g/mol. The molecule has 1 saturated heterocycles. The standard InChI is InChI=1S/C27H25NO3/c29-25-23-11-5-6-12-24(23)31-26(27(25)30-19-20-9-3-1-4-10-20)21-13-15-22(16-14-21)28-17-7-2-8-18-28/h1,3-6,9-16H,2,7-8,17-19H2. The minimum absolute atomic E-state index is 0.145. The van der Waals surface area contributed by atoms with Crippen LogP contribution in [0.5, 0.6) is 5.75 Å². The second kappa shape index (κ2) is 8.68. The molecule has 31 heavy (non-hydrogen) atoms. The second-order valence-electron chi connectivity index (χ2n) is 7.95. The second-order valence-corrected chi connectivity index (χ2v) is 7.95. The van der Waals surface area contributed by atoms with Gasteiger partial charge in [0.1, 0.15) is 12.2 Å². The largest absolute Gasteiger partial charge is 0.481 e. The molecule has 0 saturated carbocycles. The van der Waals surface area contributed by atoms with Crippen LogP contribution in [0.4, 0.5) is 5.69 Å². The first-order valence-corrected chi connectivity index (χ1v) is 10.9. The summed E-state index contributed by atoms with van der Waals surface area (Å²) < 4.78 is 12.2. The summed E-state index contributed by atoms with van der Waals surface area (Å²) in [6.45, 7) is 2.49. The molecule has 0 atom stereocenters. The number of hydrogen-bond donors (Lipinski definition) is 0. The van der Waals surface area contributed by atoms with Crippen LogP contribution in [0.3, 0.4) is 0 Å². The normalized spacial score (nSPS) is 14.0. The van der Waals surface area contributed by atoms with Gasteiger partial charge in [0.15, 0.2) is 5.76 Å². The van der Waals surface area contributed by atoms with Crippen molar-refractivity contribution in [2.24, 2.45) is 0 Å². The van der Waals surface area contributed by atoms with Crippen molar-refractivity contribution in [3.63, 3.8) is 0 Å².